The molecule has 2 saturated heterocycles. The Bertz CT molecular complexity index is 830. The van der Waals surface area contributed by atoms with Crippen LogP contribution in [0.4, 0.5) is 4.79 Å². The predicted octanol–water partition coefficient (Wildman–Crippen LogP) is 1.19. The van der Waals surface area contributed by atoms with Gasteiger partial charge in [0.05, 0.1) is 30.2 Å². The summed E-state index contributed by atoms with van der Waals surface area (Å²) >= 11 is 0. The minimum Gasteiger partial charge on any atom is -0.383 e. The predicted molar refractivity (Wildman–Crippen MR) is 109 cm³/mol. The number of amides is 3. The van der Waals surface area contributed by atoms with Crippen molar-refractivity contribution >= 4 is 21.8 Å². The van der Waals surface area contributed by atoms with E-state index in [4.69, 9.17) is 4.74 Å². The summed E-state index contributed by atoms with van der Waals surface area (Å²) in [4.78, 5) is 28.7. The number of hydrogen-bond acceptors (Lipinski definition) is 5. The summed E-state index contributed by atoms with van der Waals surface area (Å²) in [5, 5.41) is 2.93. The van der Waals surface area contributed by atoms with Crippen molar-refractivity contribution in [1.29, 1.82) is 0 Å². The van der Waals surface area contributed by atoms with Crippen molar-refractivity contribution in [3.63, 3.8) is 0 Å². The van der Waals surface area contributed by atoms with E-state index in [1.807, 2.05) is 37.3 Å². The van der Waals surface area contributed by atoms with E-state index in [1.165, 1.54) is 0 Å². The molecule has 2 fully saturated rings. The first-order valence-corrected chi connectivity index (χ1v) is 11.7. The quantitative estimate of drug-likeness (QED) is 0.711. The average Bonchev–Trinajstić information content (AvgIpc) is 3.23. The number of urea groups is 1. The maximum Gasteiger partial charge on any atom is 0.318 e. The Balaban J connectivity index is 1.63. The number of rotatable bonds is 7. The highest BCUT2D eigenvalue weighted by atomic mass is 32.2. The van der Waals surface area contributed by atoms with E-state index in [0.717, 1.165) is 5.56 Å². The highest BCUT2D eigenvalue weighted by molar-refractivity contribution is 7.91. The maximum atomic E-state index is 12.9. The molecule has 8 nitrogen and oxygen atoms in total. The van der Waals surface area contributed by atoms with Crippen LogP contribution in [0.1, 0.15) is 31.4 Å². The van der Waals surface area contributed by atoms with Gasteiger partial charge >= 0.3 is 6.03 Å². The van der Waals surface area contributed by atoms with E-state index in [2.05, 4.69) is 5.32 Å². The van der Waals surface area contributed by atoms with Gasteiger partial charge in [-0.25, -0.2) is 13.2 Å². The minimum absolute atomic E-state index is 0.00135. The first-order valence-electron chi connectivity index (χ1n) is 9.91. The molecule has 1 N–H and O–H groups in total. The third-order valence-corrected chi connectivity index (χ3v) is 7.43. The van der Waals surface area contributed by atoms with Crippen molar-refractivity contribution in [2.24, 2.45) is 0 Å². The van der Waals surface area contributed by atoms with E-state index in [0.29, 0.717) is 26.1 Å². The van der Waals surface area contributed by atoms with Crippen LogP contribution in [-0.4, -0.2) is 80.6 Å². The molecule has 0 aliphatic carbocycles. The number of carbonyl (C=O) groups is 2. The zero-order chi connectivity index (χ0) is 21.0. The smallest absolute Gasteiger partial charge is 0.318 e. The SMILES string of the molecule is COCCN(C(=O)NC1CC(=O)N(C(C)c2ccccc2)C1)C1CCS(=O)(=O)C1. The fraction of sp³-hybridized carbons (Fsp3) is 0.600. The molecule has 1 aromatic carbocycles. The Morgan fingerprint density at radius 1 is 1.34 bits per heavy atom. The number of ether oxygens (including phenoxy) is 1. The van der Waals surface area contributed by atoms with E-state index in [1.54, 1.807) is 16.9 Å². The second-order valence-corrected chi connectivity index (χ2v) is 9.96. The van der Waals surface area contributed by atoms with Crippen LogP contribution in [0.25, 0.3) is 0 Å². The van der Waals surface area contributed by atoms with E-state index < -0.39 is 9.84 Å². The van der Waals surface area contributed by atoms with Crippen LogP contribution in [0, 0.1) is 0 Å². The topological polar surface area (TPSA) is 96.0 Å². The highest BCUT2D eigenvalue weighted by Gasteiger charge is 2.38. The molecule has 160 valence electrons. The molecule has 2 aliphatic rings. The maximum absolute atomic E-state index is 12.9. The Kier molecular flexibility index (Phi) is 6.79. The van der Waals surface area contributed by atoms with Gasteiger partial charge in [0.25, 0.3) is 0 Å². The number of benzene rings is 1. The average molecular weight is 424 g/mol. The third-order valence-electron chi connectivity index (χ3n) is 5.68. The summed E-state index contributed by atoms with van der Waals surface area (Å²) < 4.78 is 28.8. The Morgan fingerprint density at radius 2 is 2.07 bits per heavy atom. The Morgan fingerprint density at radius 3 is 2.69 bits per heavy atom. The lowest BCUT2D eigenvalue weighted by atomic mass is 10.1. The molecule has 9 heteroatoms. The number of nitrogens with one attached hydrogen (secondary N) is 1. The van der Waals surface area contributed by atoms with Crippen LogP contribution in [0.3, 0.4) is 0 Å². The van der Waals surface area contributed by atoms with E-state index >= 15 is 0 Å². The summed E-state index contributed by atoms with van der Waals surface area (Å²) in [6.45, 7) is 3.05. The molecule has 3 atom stereocenters. The lowest BCUT2D eigenvalue weighted by molar-refractivity contribution is -0.129. The Labute approximate surface area is 172 Å². The van der Waals surface area contributed by atoms with Gasteiger partial charge in [-0.15, -0.1) is 0 Å². The molecule has 0 aromatic heterocycles. The zero-order valence-electron chi connectivity index (χ0n) is 16.9. The Hall–Kier alpha value is -2.13. The number of sulfone groups is 1. The largest absolute Gasteiger partial charge is 0.383 e. The van der Waals surface area contributed by atoms with Gasteiger partial charge in [0.2, 0.25) is 5.91 Å². The van der Waals surface area contributed by atoms with Gasteiger partial charge in [-0.2, -0.15) is 0 Å². The molecule has 2 heterocycles. The molecule has 2 aliphatic heterocycles. The number of methoxy groups -OCH3 is 1. The van der Waals surface area contributed by atoms with Gasteiger partial charge in [0.15, 0.2) is 9.84 Å². The van der Waals surface area contributed by atoms with Crippen LogP contribution in [0.15, 0.2) is 30.3 Å². The van der Waals surface area contributed by atoms with Gasteiger partial charge in [-0.1, -0.05) is 30.3 Å². The summed E-state index contributed by atoms with van der Waals surface area (Å²) in [6.07, 6.45) is 0.671. The van der Waals surface area contributed by atoms with E-state index in [-0.39, 0.29) is 48.0 Å². The summed E-state index contributed by atoms with van der Waals surface area (Å²) in [7, 11) is -1.57. The molecule has 0 radical (unpaired) electrons. The van der Waals surface area contributed by atoms with Gasteiger partial charge < -0.3 is 19.9 Å². The number of likely N-dealkylation sites (tertiary alicyclic amines) is 1. The second-order valence-electron chi connectivity index (χ2n) is 7.73. The summed E-state index contributed by atoms with van der Waals surface area (Å²) in [6, 6.07) is 8.71. The van der Waals surface area contributed by atoms with Crippen molar-refractivity contribution in [2.75, 3.05) is 38.3 Å². The van der Waals surface area contributed by atoms with Crippen molar-refractivity contribution in [3.05, 3.63) is 35.9 Å². The van der Waals surface area contributed by atoms with Crippen molar-refractivity contribution in [2.45, 2.75) is 37.9 Å². The number of nitrogens with zero attached hydrogens (tertiary/aromatic N) is 2. The molecule has 3 rings (SSSR count). The first kappa shape index (κ1) is 21.6. The van der Waals surface area contributed by atoms with E-state index in [9.17, 15) is 18.0 Å². The molecule has 0 bridgehead atoms. The van der Waals surface area contributed by atoms with Crippen LogP contribution in [0.5, 0.6) is 0 Å². The third kappa shape index (κ3) is 5.27. The second kappa shape index (κ2) is 9.13. The standard InChI is InChI=1S/C20H29N3O5S/c1-15(16-6-4-3-5-7-16)23-13-17(12-19(23)24)21-20(25)22(9-10-28-2)18-8-11-29(26,27)14-18/h3-7,15,17-18H,8-14H2,1-2H3,(H,21,25). The summed E-state index contributed by atoms with van der Waals surface area (Å²) in [5.74, 6) is 0.0717. The van der Waals surface area contributed by atoms with Crippen LogP contribution in [-0.2, 0) is 19.4 Å². The fourth-order valence-corrected chi connectivity index (χ4v) is 5.76. The molecule has 29 heavy (non-hydrogen) atoms. The van der Waals surface area contributed by atoms with Crippen LogP contribution in [0.2, 0.25) is 0 Å². The van der Waals surface area contributed by atoms with Gasteiger partial charge in [-0.3, -0.25) is 4.79 Å². The number of hydrogen-bond donors (Lipinski definition) is 1. The highest BCUT2D eigenvalue weighted by Crippen LogP contribution is 2.26. The normalized spacial score (nSPS) is 24.5. The molecular formula is C20H29N3O5S. The van der Waals surface area contributed by atoms with Gasteiger partial charge in [0, 0.05) is 32.7 Å². The molecule has 3 unspecified atom stereocenters. The first-order chi connectivity index (χ1) is 13.8. The molecular weight excluding hydrogens is 394 g/mol. The minimum atomic E-state index is -3.11. The molecule has 0 saturated carbocycles. The zero-order valence-corrected chi connectivity index (χ0v) is 17.7. The molecule has 1 aromatic rings. The molecule has 0 spiro atoms. The van der Waals surface area contributed by atoms with Crippen LogP contribution < -0.4 is 5.32 Å². The lowest BCUT2D eigenvalue weighted by Gasteiger charge is -2.30. The van der Waals surface area contributed by atoms with Crippen molar-refractivity contribution in [1.82, 2.24) is 15.1 Å². The van der Waals surface area contributed by atoms with Gasteiger partial charge in [-0.05, 0) is 18.9 Å². The summed E-state index contributed by atoms with van der Waals surface area (Å²) in [5.41, 5.74) is 1.05. The van der Waals surface area contributed by atoms with Crippen LogP contribution >= 0.6 is 0 Å². The molecule has 3 amide bonds. The van der Waals surface area contributed by atoms with Crippen molar-refractivity contribution in [3.8, 4) is 0 Å². The monoisotopic (exact) mass is 423 g/mol. The van der Waals surface area contributed by atoms with Crippen molar-refractivity contribution < 1.29 is 22.7 Å². The number of carbonyl (C=O) groups excluding carboxylic acids is 2. The lowest BCUT2D eigenvalue weighted by Crippen LogP contribution is -2.51. The fourth-order valence-electron chi connectivity index (χ4n) is 4.03. The van der Waals surface area contributed by atoms with Gasteiger partial charge in [0.1, 0.15) is 0 Å².